The Morgan fingerprint density at radius 2 is 1.84 bits per heavy atom. The summed E-state index contributed by atoms with van der Waals surface area (Å²) in [6, 6.07) is 2.09. The number of halogens is 5. The van der Waals surface area contributed by atoms with Crippen LogP contribution in [-0.4, -0.2) is 53.1 Å². The average molecular weight is 443 g/mol. The summed E-state index contributed by atoms with van der Waals surface area (Å²) in [4.78, 5) is 21.1. The number of hydrogen-bond donors (Lipinski definition) is 2. The van der Waals surface area contributed by atoms with E-state index in [9.17, 15) is 26.7 Å². The van der Waals surface area contributed by atoms with Crippen molar-refractivity contribution in [2.75, 3.05) is 36.9 Å². The lowest BCUT2D eigenvalue weighted by Crippen LogP contribution is -2.41. The van der Waals surface area contributed by atoms with E-state index in [2.05, 4.69) is 20.6 Å². The topological polar surface area (TPSA) is 79.4 Å². The zero-order chi connectivity index (χ0) is 22.2. The van der Waals surface area contributed by atoms with Crippen LogP contribution in [0.15, 0.2) is 18.3 Å². The molecule has 1 aliphatic carbocycles. The van der Waals surface area contributed by atoms with E-state index in [4.69, 9.17) is 4.74 Å². The van der Waals surface area contributed by atoms with Gasteiger partial charge in [0, 0.05) is 25.3 Å². The van der Waals surface area contributed by atoms with Gasteiger partial charge in [-0.2, -0.15) is 18.2 Å². The van der Waals surface area contributed by atoms with Crippen molar-refractivity contribution in [2.45, 2.75) is 25.1 Å². The van der Waals surface area contributed by atoms with Gasteiger partial charge < -0.3 is 20.3 Å². The highest BCUT2D eigenvalue weighted by Crippen LogP contribution is 2.36. The van der Waals surface area contributed by atoms with Crippen LogP contribution in [0.2, 0.25) is 0 Å². The lowest BCUT2D eigenvalue weighted by molar-refractivity contribution is -0.137. The third-order valence-electron chi connectivity index (χ3n) is 4.87. The number of alkyl halides is 3. The Morgan fingerprint density at radius 3 is 2.48 bits per heavy atom. The Morgan fingerprint density at radius 1 is 1.13 bits per heavy atom. The van der Waals surface area contributed by atoms with Gasteiger partial charge in [-0.3, -0.25) is 4.79 Å². The number of benzene rings is 1. The zero-order valence-corrected chi connectivity index (χ0v) is 16.1. The largest absolute Gasteiger partial charge is 0.421 e. The molecule has 7 nitrogen and oxygen atoms in total. The fourth-order valence-electron chi connectivity index (χ4n) is 3.05. The molecule has 12 heteroatoms. The Hall–Kier alpha value is -3.02. The van der Waals surface area contributed by atoms with Gasteiger partial charge in [-0.1, -0.05) is 0 Å². The standard InChI is InChI=1S/C19H18F5N5O2/c20-14-11(17(30)29-5-7-31-8-6-29)3-4-13(15(14)21)27-18-25-9-12(19(22,23)24)16(28-18)26-10-1-2-10/h3-4,9-10H,1-2,5-8H2,(H2,25,26,27,28). The van der Waals surface area contributed by atoms with Gasteiger partial charge >= 0.3 is 6.18 Å². The molecule has 2 aliphatic rings. The molecule has 2 N–H and O–H groups in total. The monoisotopic (exact) mass is 443 g/mol. The molecule has 1 aliphatic heterocycles. The summed E-state index contributed by atoms with van der Waals surface area (Å²) in [5.74, 6) is -4.19. The second-order valence-corrected chi connectivity index (χ2v) is 7.19. The fraction of sp³-hybridized carbons (Fsp3) is 0.421. The molecule has 1 aromatic carbocycles. The summed E-state index contributed by atoms with van der Waals surface area (Å²) in [7, 11) is 0. The van der Waals surface area contributed by atoms with Crippen LogP contribution in [0, 0.1) is 11.6 Å². The van der Waals surface area contributed by atoms with Gasteiger partial charge in [-0.05, 0) is 25.0 Å². The summed E-state index contributed by atoms with van der Waals surface area (Å²) in [5.41, 5.74) is -1.91. The number of rotatable bonds is 5. The van der Waals surface area contributed by atoms with Crippen molar-refractivity contribution >= 4 is 23.4 Å². The highest BCUT2D eigenvalue weighted by Gasteiger charge is 2.37. The molecule has 2 heterocycles. The molecule has 4 rings (SSSR count). The first-order valence-electron chi connectivity index (χ1n) is 9.57. The summed E-state index contributed by atoms with van der Waals surface area (Å²) < 4.78 is 73.8. The molecule has 1 saturated heterocycles. The van der Waals surface area contributed by atoms with Crippen LogP contribution >= 0.6 is 0 Å². The highest BCUT2D eigenvalue weighted by molar-refractivity contribution is 5.95. The van der Waals surface area contributed by atoms with Crippen LogP contribution in [0.3, 0.4) is 0 Å². The molecule has 2 fully saturated rings. The number of carbonyl (C=O) groups excluding carboxylic acids is 1. The Kier molecular flexibility index (Phi) is 5.65. The Balaban J connectivity index is 1.57. The maximum absolute atomic E-state index is 14.6. The molecule has 0 bridgehead atoms. The average Bonchev–Trinajstić information content (AvgIpc) is 3.55. The van der Waals surface area contributed by atoms with Gasteiger partial charge in [0.15, 0.2) is 11.6 Å². The van der Waals surface area contributed by atoms with E-state index in [1.54, 1.807) is 0 Å². The molecular weight excluding hydrogens is 425 g/mol. The molecular formula is C19H18F5N5O2. The normalized spacial score (nSPS) is 16.9. The van der Waals surface area contributed by atoms with Crippen LogP contribution < -0.4 is 10.6 Å². The molecule has 166 valence electrons. The van der Waals surface area contributed by atoms with Crippen molar-refractivity contribution in [1.29, 1.82) is 0 Å². The van der Waals surface area contributed by atoms with Crippen LogP contribution in [0.5, 0.6) is 0 Å². The number of hydrogen-bond acceptors (Lipinski definition) is 6. The van der Waals surface area contributed by atoms with Crippen molar-refractivity contribution in [3.8, 4) is 0 Å². The SMILES string of the molecule is O=C(c1ccc(Nc2ncc(C(F)(F)F)c(NC3CC3)n2)c(F)c1F)N1CCOCC1. The van der Waals surface area contributed by atoms with Gasteiger partial charge in [0.05, 0.1) is 24.5 Å². The molecule has 1 amide bonds. The minimum absolute atomic E-state index is 0.122. The summed E-state index contributed by atoms with van der Waals surface area (Å²) >= 11 is 0. The van der Waals surface area contributed by atoms with E-state index in [1.165, 1.54) is 4.90 Å². The van der Waals surface area contributed by atoms with Gasteiger partial charge in [0.2, 0.25) is 5.95 Å². The molecule has 2 aromatic rings. The minimum atomic E-state index is -4.67. The van der Waals surface area contributed by atoms with Crippen LogP contribution in [0.25, 0.3) is 0 Å². The van der Waals surface area contributed by atoms with Crippen molar-refractivity contribution in [3.63, 3.8) is 0 Å². The van der Waals surface area contributed by atoms with E-state index in [-0.39, 0.29) is 25.1 Å². The lowest BCUT2D eigenvalue weighted by Gasteiger charge is -2.27. The first kappa shape index (κ1) is 21.2. The molecule has 0 unspecified atom stereocenters. The fourth-order valence-corrected chi connectivity index (χ4v) is 3.05. The van der Waals surface area contributed by atoms with Gasteiger partial charge in [0.1, 0.15) is 11.4 Å². The lowest BCUT2D eigenvalue weighted by atomic mass is 10.1. The van der Waals surface area contributed by atoms with E-state index >= 15 is 0 Å². The second kappa shape index (κ2) is 8.25. The molecule has 0 atom stereocenters. The van der Waals surface area contributed by atoms with Crippen LogP contribution in [0.1, 0.15) is 28.8 Å². The first-order valence-corrected chi connectivity index (χ1v) is 9.57. The van der Waals surface area contributed by atoms with Crippen molar-refractivity contribution in [1.82, 2.24) is 14.9 Å². The number of aromatic nitrogens is 2. The van der Waals surface area contributed by atoms with Gasteiger partial charge in [-0.15, -0.1) is 0 Å². The number of carbonyl (C=O) groups is 1. The first-order chi connectivity index (χ1) is 14.7. The Labute approximate surface area is 173 Å². The van der Waals surface area contributed by atoms with Crippen molar-refractivity contribution in [2.24, 2.45) is 0 Å². The summed E-state index contributed by atoms with van der Waals surface area (Å²) in [6.07, 6.45) is -2.68. The summed E-state index contributed by atoms with van der Waals surface area (Å²) in [6.45, 7) is 1.13. The van der Waals surface area contributed by atoms with Crippen LogP contribution in [0.4, 0.5) is 39.4 Å². The van der Waals surface area contributed by atoms with E-state index in [1.807, 2.05) is 0 Å². The number of morpholine rings is 1. The minimum Gasteiger partial charge on any atom is -0.378 e. The van der Waals surface area contributed by atoms with Gasteiger partial charge in [0.25, 0.3) is 5.91 Å². The third-order valence-corrected chi connectivity index (χ3v) is 4.87. The molecule has 0 spiro atoms. The van der Waals surface area contributed by atoms with E-state index < -0.39 is 46.4 Å². The number of nitrogens with zero attached hydrogens (tertiary/aromatic N) is 3. The van der Waals surface area contributed by atoms with E-state index in [0.717, 1.165) is 12.1 Å². The number of nitrogens with one attached hydrogen (secondary N) is 2. The smallest absolute Gasteiger partial charge is 0.378 e. The van der Waals surface area contributed by atoms with Crippen molar-refractivity contribution in [3.05, 3.63) is 41.1 Å². The third kappa shape index (κ3) is 4.68. The van der Waals surface area contributed by atoms with Crippen molar-refractivity contribution < 1.29 is 31.5 Å². The molecule has 1 aromatic heterocycles. The number of anilines is 3. The quantitative estimate of drug-likeness (QED) is 0.688. The van der Waals surface area contributed by atoms with E-state index in [0.29, 0.717) is 32.3 Å². The molecule has 31 heavy (non-hydrogen) atoms. The molecule has 1 saturated carbocycles. The predicted molar refractivity (Wildman–Crippen MR) is 100 cm³/mol. The molecule has 0 radical (unpaired) electrons. The second-order valence-electron chi connectivity index (χ2n) is 7.19. The Bertz CT molecular complexity index is 990. The summed E-state index contributed by atoms with van der Waals surface area (Å²) in [5, 5.41) is 5.05. The van der Waals surface area contributed by atoms with Crippen LogP contribution in [-0.2, 0) is 10.9 Å². The predicted octanol–water partition coefficient (Wildman–Crippen LogP) is 3.56. The van der Waals surface area contributed by atoms with Gasteiger partial charge in [-0.25, -0.2) is 13.8 Å². The highest BCUT2D eigenvalue weighted by atomic mass is 19.4. The maximum Gasteiger partial charge on any atom is 0.421 e. The number of ether oxygens (including phenoxy) is 1. The zero-order valence-electron chi connectivity index (χ0n) is 16.1. The maximum atomic E-state index is 14.6. The number of amides is 1.